The maximum Gasteiger partial charge on any atom is 0.329 e. The number of nitrogens with zero attached hydrogens (tertiary/aromatic N) is 1. The van der Waals surface area contributed by atoms with Crippen molar-refractivity contribution in [2.75, 3.05) is 19.6 Å². The Morgan fingerprint density at radius 1 is 1.47 bits per heavy atom. The molecular weight excluding hydrogens is 220 g/mol. The second-order valence-corrected chi connectivity index (χ2v) is 5.15. The minimum Gasteiger partial charge on any atom is -0.480 e. The number of likely N-dealkylation sites (N-methyl/N-ethyl adjacent to an activating group) is 1. The second-order valence-electron chi connectivity index (χ2n) is 5.15. The van der Waals surface area contributed by atoms with Gasteiger partial charge in [0.2, 0.25) is 5.91 Å². The number of carboxylic acid groups (broad SMARTS) is 1. The zero-order valence-corrected chi connectivity index (χ0v) is 11.0. The lowest BCUT2D eigenvalue weighted by atomic mass is 9.86. The van der Waals surface area contributed by atoms with E-state index in [9.17, 15) is 14.7 Å². The number of aliphatic carboxylic acids is 1. The Labute approximate surface area is 102 Å². The van der Waals surface area contributed by atoms with Crippen LogP contribution in [0.4, 0.5) is 0 Å². The highest BCUT2D eigenvalue weighted by Gasteiger charge is 2.40. The van der Waals surface area contributed by atoms with Crippen LogP contribution in [0, 0.1) is 11.8 Å². The number of nitrogens with one attached hydrogen (secondary N) is 1. The highest BCUT2D eigenvalue weighted by atomic mass is 16.4. The van der Waals surface area contributed by atoms with Gasteiger partial charge in [0.15, 0.2) is 0 Å². The first-order valence-electron chi connectivity index (χ1n) is 6.08. The smallest absolute Gasteiger partial charge is 0.329 e. The van der Waals surface area contributed by atoms with Crippen LogP contribution >= 0.6 is 0 Å². The molecule has 1 heterocycles. The van der Waals surface area contributed by atoms with E-state index in [4.69, 9.17) is 0 Å². The molecule has 1 amide bonds. The SMILES string of the molecule is CCN(C(=O)C(C)C1CNC1)C(C)(C)C(=O)O. The Hall–Kier alpha value is -1.10. The first kappa shape index (κ1) is 14.0. The van der Waals surface area contributed by atoms with Crippen molar-refractivity contribution in [3.8, 4) is 0 Å². The van der Waals surface area contributed by atoms with Crippen molar-refractivity contribution in [2.24, 2.45) is 11.8 Å². The summed E-state index contributed by atoms with van der Waals surface area (Å²) in [5, 5.41) is 12.3. The second kappa shape index (κ2) is 5.04. The lowest BCUT2D eigenvalue weighted by Gasteiger charge is -2.39. The molecule has 2 N–H and O–H groups in total. The largest absolute Gasteiger partial charge is 0.480 e. The third-order valence-corrected chi connectivity index (χ3v) is 3.69. The Morgan fingerprint density at radius 3 is 2.29 bits per heavy atom. The van der Waals surface area contributed by atoms with Gasteiger partial charge in [-0.2, -0.15) is 0 Å². The lowest BCUT2D eigenvalue weighted by Crippen LogP contribution is -2.57. The molecule has 1 fully saturated rings. The van der Waals surface area contributed by atoms with Crippen LogP contribution in [0.15, 0.2) is 0 Å². The number of carboxylic acids is 1. The molecular formula is C12H22N2O3. The minimum absolute atomic E-state index is 0.0635. The summed E-state index contributed by atoms with van der Waals surface area (Å²) in [6.07, 6.45) is 0. The van der Waals surface area contributed by atoms with E-state index in [2.05, 4.69) is 5.32 Å². The predicted octanol–water partition coefficient (Wildman–Crippen LogP) is 0.554. The molecule has 1 saturated heterocycles. The van der Waals surface area contributed by atoms with Crippen LogP contribution in [0.5, 0.6) is 0 Å². The predicted molar refractivity (Wildman–Crippen MR) is 64.6 cm³/mol. The van der Waals surface area contributed by atoms with Crippen LogP contribution in [-0.2, 0) is 9.59 Å². The normalized spacial score (nSPS) is 18.4. The Morgan fingerprint density at radius 2 is 2.00 bits per heavy atom. The van der Waals surface area contributed by atoms with Gasteiger partial charge in [-0.05, 0) is 39.8 Å². The fraction of sp³-hybridized carbons (Fsp3) is 0.833. The number of amides is 1. The van der Waals surface area contributed by atoms with Crippen molar-refractivity contribution in [3.63, 3.8) is 0 Å². The monoisotopic (exact) mass is 242 g/mol. The van der Waals surface area contributed by atoms with Crippen LogP contribution in [0.25, 0.3) is 0 Å². The number of hydrogen-bond donors (Lipinski definition) is 2. The van der Waals surface area contributed by atoms with Gasteiger partial charge in [0.1, 0.15) is 5.54 Å². The molecule has 1 rings (SSSR count). The maximum absolute atomic E-state index is 12.3. The summed E-state index contributed by atoms with van der Waals surface area (Å²) in [6.45, 7) is 8.95. The van der Waals surface area contributed by atoms with Crippen molar-refractivity contribution in [1.82, 2.24) is 10.2 Å². The molecule has 98 valence electrons. The molecule has 0 aromatic carbocycles. The average molecular weight is 242 g/mol. The first-order valence-corrected chi connectivity index (χ1v) is 6.08. The van der Waals surface area contributed by atoms with Crippen LogP contribution < -0.4 is 5.32 Å². The minimum atomic E-state index is -1.14. The molecule has 1 atom stereocenters. The summed E-state index contributed by atoms with van der Waals surface area (Å²) < 4.78 is 0. The molecule has 0 bridgehead atoms. The van der Waals surface area contributed by atoms with Crippen molar-refractivity contribution in [1.29, 1.82) is 0 Å². The highest BCUT2D eigenvalue weighted by molar-refractivity contribution is 5.87. The molecule has 1 aliphatic heterocycles. The number of rotatable bonds is 5. The van der Waals surface area contributed by atoms with E-state index in [0.717, 1.165) is 13.1 Å². The first-order chi connectivity index (χ1) is 7.82. The topological polar surface area (TPSA) is 69.6 Å². The van der Waals surface area contributed by atoms with Crippen molar-refractivity contribution < 1.29 is 14.7 Å². The van der Waals surface area contributed by atoms with Gasteiger partial charge in [-0.15, -0.1) is 0 Å². The number of carbonyl (C=O) groups excluding carboxylic acids is 1. The molecule has 0 aliphatic carbocycles. The van der Waals surface area contributed by atoms with Crippen molar-refractivity contribution in [2.45, 2.75) is 33.2 Å². The van der Waals surface area contributed by atoms with E-state index in [1.54, 1.807) is 13.8 Å². The molecule has 17 heavy (non-hydrogen) atoms. The zero-order chi connectivity index (χ0) is 13.2. The van der Waals surface area contributed by atoms with E-state index in [1.165, 1.54) is 4.90 Å². The van der Waals surface area contributed by atoms with Gasteiger partial charge < -0.3 is 15.3 Å². The maximum atomic E-state index is 12.3. The lowest BCUT2D eigenvalue weighted by molar-refractivity contribution is -0.159. The third kappa shape index (κ3) is 2.60. The molecule has 0 spiro atoms. The Bertz CT molecular complexity index is 311. The average Bonchev–Trinajstić information content (AvgIpc) is 2.15. The fourth-order valence-corrected chi connectivity index (χ4v) is 2.05. The van der Waals surface area contributed by atoms with Gasteiger partial charge in [0.05, 0.1) is 0 Å². The van der Waals surface area contributed by atoms with Crippen LogP contribution in [0.3, 0.4) is 0 Å². The summed E-state index contributed by atoms with van der Waals surface area (Å²) in [7, 11) is 0. The van der Waals surface area contributed by atoms with Crippen LogP contribution in [0.1, 0.15) is 27.7 Å². The summed E-state index contributed by atoms with van der Waals surface area (Å²) in [5.41, 5.74) is -1.14. The molecule has 1 unspecified atom stereocenters. The summed E-state index contributed by atoms with van der Waals surface area (Å²) in [6, 6.07) is 0. The Kier molecular flexibility index (Phi) is 4.14. The van der Waals surface area contributed by atoms with Gasteiger partial charge in [-0.3, -0.25) is 4.79 Å². The highest BCUT2D eigenvalue weighted by Crippen LogP contribution is 2.23. The summed E-state index contributed by atoms with van der Waals surface area (Å²) >= 11 is 0. The number of hydrogen-bond acceptors (Lipinski definition) is 3. The third-order valence-electron chi connectivity index (χ3n) is 3.69. The van der Waals surface area contributed by atoms with E-state index < -0.39 is 11.5 Å². The van der Waals surface area contributed by atoms with E-state index in [1.807, 2.05) is 13.8 Å². The van der Waals surface area contributed by atoms with E-state index in [0.29, 0.717) is 12.5 Å². The van der Waals surface area contributed by atoms with Gasteiger partial charge in [-0.1, -0.05) is 6.92 Å². The molecule has 0 radical (unpaired) electrons. The number of carbonyl (C=O) groups is 2. The van der Waals surface area contributed by atoms with Crippen molar-refractivity contribution >= 4 is 11.9 Å². The van der Waals surface area contributed by atoms with Crippen molar-refractivity contribution in [3.05, 3.63) is 0 Å². The standard InChI is InChI=1S/C12H22N2O3/c1-5-14(12(3,4)11(16)17)10(15)8(2)9-6-13-7-9/h8-9,13H,5-7H2,1-4H3,(H,16,17). The Balaban J connectivity index is 2.79. The summed E-state index contributed by atoms with van der Waals surface area (Å²) in [5.74, 6) is -0.811. The van der Waals surface area contributed by atoms with Gasteiger partial charge >= 0.3 is 5.97 Å². The van der Waals surface area contributed by atoms with Crippen LogP contribution in [-0.4, -0.2) is 47.1 Å². The summed E-state index contributed by atoms with van der Waals surface area (Å²) in [4.78, 5) is 24.9. The molecule has 5 heteroatoms. The van der Waals surface area contributed by atoms with E-state index in [-0.39, 0.29) is 11.8 Å². The quantitative estimate of drug-likeness (QED) is 0.739. The molecule has 1 aliphatic rings. The molecule has 0 aromatic heterocycles. The van der Waals surface area contributed by atoms with Gasteiger partial charge in [-0.25, -0.2) is 4.79 Å². The van der Waals surface area contributed by atoms with Crippen LogP contribution in [0.2, 0.25) is 0 Å². The fourth-order valence-electron chi connectivity index (χ4n) is 2.05. The zero-order valence-electron chi connectivity index (χ0n) is 11.0. The molecule has 5 nitrogen and oxygen atoms in total. The van der Waals surface area contributed by atoms with Gasteiger partial charge in [0.25, 0.3) is 0 Å². The van der Waals surface area contributed by atoms with E-state index >= 15 is 0 Å². The molecule has 0 aromatic rings. The molecule has 0 saturated carbocycles. The van der Waals surface area contributed by atoms with Gasteiger partial charge in [0, 0.05) is 12.5 Å².